The molecule has 1 N–H and O–H groups in total. The SMILES string of the molecule is O=C(NCCN1CCCC1)[C@@H]1C[C@@H]2[C@@H](CCN2Cc2ccco2)O1. The molecule has 3 fully saturated rings. The Hall–Kier alpha value is -1.37. The summed E-state index contributed by atoms with van der Waals surface area (Å²) in [5.41, 5.74) is 0. The van der Waals surface area contributed by atoms with Gasteiger partial charge in [0.25, 0.3) is 0 Å². The molecule has 1 aromatic rings. The smallest absolute Gasteiger partial charge is 0.249 e. The Morgan fingerprint density at radius 3 is 2.96 bits per heavy atom. The number of ether oxygens (including phenoxy) is 1. The van der Waals surface area contributed by atoms with Crippen LogP contribution in [-0.2, 0) is 16.1 Å². The molecule has 3 atom stereocenters. The van der Waals surface area contributed by atoms with E-state index in [1.165, 1.54) is 25.9 Å². The Kier molecular flexibility index (Phi) is 4.87. The number of nitrogens with zero attached hydrogens (tertiary/aromatic N) is 2. The summed E-state index contributed by atoms with van der Waals surface area (Å²) in [6.45, 7) is 5.84. The molecular formula is C18H27N3O3. The van der Waals surface area contributed by atoms with Crippen molar-refractivity contribution in [2.45, 2.75) is 50.5 Å². The largest absolute Gasteiger partial charge is 0.468 e. The first kappa shape index (κ1) is 16.1. The lowest BCUT2D eigenvalue weighted by atomic mass is 10.1. The van der Waals surface area contributed by atoms with Gasteiger partial charge in [-0.05, 0) is 44.5 Å². The Morgan fingerprint density at radius 1 is 1.29 bits per heavy atom. The minimum atomic E-state index is -0.294. The average molecular weight is 333 g/mol. The molecule has 3 aliphatic rings. The summed E-state index contributed by atoms with van der Waals surface area (Å²) in [6.07, 6.45) is 5.98. The highest BCUT2D eigenvalue weighted by atomic mass is 16.5. The van der Waals surface area contributed by atoms with Crippen molar-refractivity contribution in [3.8, 4) is 0 Å². The van der Waals surface area contributed by atoms with E-state index in [0.29, 0.717) is 6.04 Å². The highest BCUT2D eigenvalue weighted by molar-refractivity contribution is 5.81. The van der Waals surface area contributed by atoms with E-state index in [4.69, 9.17) is 9.15 Å². The van der Waals surface area contributed by atoms with E-state index < -0.39 is 0 Å². The fraction of sp³-hybridized carbons (Fsp3) is 0.722. The summed E-state index contributed by atoms with van der Waals surface area (Å²) in [4.78, 5) is 17.2. The maximum absolute atomic E-state index is 12.4. The third kappa shape index (κ3) is 3.50. The number of hydrogen-bond acceptors (Lipinski definition) is 5. The summed E-state index contributed by atoms with van der Waals surface area (Å²) < 4.78 is 11.5. The number of carbonyl (C=O) groups excluding carboxylic acids is 1. The van der Waals surface area contributed by atoms with Gasteiger partial charge in [0.05, 0.1) is 18.9 Å². The van der Waals surface area contributed by atoms with Crippen LogP contribution in [0.2, 0.25) is 0 Å². The molecule has 132 valence electrons. The second kappa shape index (κ2) is 7.25. The molecule has 0 saturated carbocycles. The standard InChI is InChI=1S/C18H27N3O3/c22-18(19-6-10-20-7-1-2-8-20)17-12-15-16(24-17)5-9-21(15)13-14-4-3-11-23-14/h3-4,11,15-17H,1-2,5-10,12-13H2,(H,19,22)/t15-,16-,17+/m1/s1. The first-order chi connectivity index (χ1) is 11.8. The van der Waals surface area contributed by atoms with Crippen LogP contribution in [0.1, 0.15) is 31.4 Å². The third-order valence-electron chi connectivity index (χ3n) is 5.55. The zero-order chi connectivity index (χ0) is 16.4. The maximum atomic E-state index is 12.4. The first-order valence-corrected chi connectivity index (χ1v) is 9.21. The highest BCUT2D eigenvalue weighted by Gasteiger charge is 2.45. The molecule has 4 rings (SSSR count). The van der Waals surface area contributed by atoms with Crippen LogP contribution in [0.25, 0.3) is 0 Å². The summed E-state index contributed by atoms with van der Waals surface area (Å²) in [5, 5.41) is 3.06. The number of likely N-dealkylation sites (tertiary alicyclic amines) is 2. The summed E-state index contributed by atoms with van der Waals surface area (Å²) in [6, 6.07) is 4.26. The van der Waals surface area contributed by atoms with Crippen LogP contribution in [0.3, 0.4) is 0 Å². The van der Waals surface area contributed by atoms with Gasteiger partial charge in [0.2, 0.25) is 5.91 Å². The molecule has 0 spiro atoms. The summed E-state index contributed by atoms with van der Waals surface area (Å²) in [5.74, 6) is 1.04. The second-order valence-corrected chi connectivity index (χ2v) is 7.14. The monoisotopic (exact) mass is 333 g/mol. The molecule has 1 amide bonds. The number of carbonyl (C=O) groups is 1. The predicted octanol–water partition coefficient (Wildman–Crippen LogP) is 1.22. The topological polar surface area (TPSA) is 58.0 Å². The van der Waals surface area contributed by atoms with E-state index in [0.717, 1.165) is 44.8 Å². The molecule has 3 aliphatic heterocycles. The lowest BCUT2D eigenvalue weighted by Gasteiger charge is -2.21. The van der Waals surface area contributed by atoms with Gasteiger partial charge in [0.15, 0.2) is 0 Å². The number of rotatable bonds is 6. The lowest BCUT2D eigenvalue weighted by Crippen LogP contribution is -2.40. The molecular weight excluding hydrogens is 306 g/mol. The fourth-order valence-electron chi connectivity index (χ4n) is 4.26. The van der Waals surface area contributed by atoms with E-state index >= 15 is 0 Å². The number of furan rings is 1. The Bertz CT molecular complexity index is 542. The van der Waals surface area contributed by atoms with Crippen LogP contribution in [-0.4, -0.2) is 66.7 Å². The van der Waals surface area contributed by atoms with E-state index in [1.807, 2.05) is 12.1 Å². The van der Waals surface area contributed by atoms with Crippen molar-refractivity contribution >= 4 is 5.91 Å². The Labute approximate surface area is 143 Å². The number of hydrogen-bond donors (Lipinski definition) is 1. The van der Waals surface area contributed by atoms with Crippen LogP contribution >= 0.6 is 0 Å². The van der Waals surface area contributed by atoms with Crippen molar-refractivity contribution in [1.29, 1.82) is 0 Å². The number of nitrogens with one attached hydrogen (secondary N) is 1. The lowest BCUT2D eigenvalue weighted by molar-refractivity contribution is -0.132. The maximum Gasteiger partial charge on any atom is 0.249 e. The Morgan fingerprint density at radius 2 is 2.17 bits per heavy atom. The highest BCUT2D eigenvalue weighted by Crippen LogP contribution is 2.33. The zero-order valence-corrected chi connectivity index (χ0v) is 14.2. The second-order valence-electron chi connectivity index (χ2n) is 7.14. The van der Waals surface area contributed by atoms with Crippen LogP contribution in [0.5, 0.6) is 0 Å². The van der Waals surface area contributed by atoms with Gasteiger partial charge in [-0.25, -0.2) is 0 Å². The van der Waals surface area contributed by atoms with Gasteiger partial charge >= 0.3 is 0 Å². The minimum absolute atomic E-state index is 0.0570. The fourth-order valence-corrected chi connectivity index (χ4v) is 4.26. The van der Waals surface area contributed by atoms with E-state index in [2.05, 4.69) is 15.1 Å². The molecule has 1 aromatic heterocycles. The average Bonchev–Trinajstić information content (AvgIpc) is 3.34. The molecule has 0 aromatic carbocycles. The molecule has 3 saturated heterocycles. The van der Waals surface area contributed by atoms with Crippen LogP contribution in [0.4, 0.5) is 0 Å². The van der Waals surface area contributed by atoms with Gasteiger partial charge in [-0.15, -0.1) is 0 Å². The van der Waals surface area contributed by atoms with Gasteiger partial charge in [-0.2, -0.15) is 0 Å². The van der Waals surface area contributed by atoms with Crippen LogP contribution in [0.15, 0.2) is 22.8 Å². The van der Waals surface area contributed by atoms with Crippen molar-refractivity contribution in [1.82, 2.24) is 15.1 Å². The van der Waals surface area contributed by atoms with Crippen LogP contribution in [0, 0.1) is 0 Å². The molecule has 0 unspecified atom stereocenters. The van der Waals surface area contributed by atoms with Gasteiger partial charge in [0, 0.05) is 32.1 Å². The molecule has 0 aliphatic carbocycles. The van der Waals surface area contributed by atoms with E-state index in [9.17, 15) is 4.79 Å². The molecule has 0 bridgehead atoms. The first-order valence-electron chi connectivity index (χ1n) is 9.21. The molecule has 24 heavy (non-hydrogen) atoms. The molecule has 0 radical (unpaired) electrons. The quantitative estimate of drug-likeness (QED) is 0.848. The zero-order valence-electron chi connectivity index (χ0n) is 14.2. The van der Waals surface area contributed by atoms with Gasteiger partial charge < -0.3 is 19.4 Å². The van der Waals surface area contributed by atoms with Gasteiger partial charge in [0.1, 0.15) is 11.9 Å². The number of amides is 1. The number of fused-ring (bicyclic) bond motifs is 1. The predicted molar refractivity (Wildman–Crippen MR) is 89.5 cm³/mol. The van der Waals surface area contributed by atoms with E-state index in [1.54, 1.807) is 6.26 Å². The molecule has 4 heterocycles. The van der Waals surface area contributed by atoms with Crippen molar-refractivity contribution in [3.05, 3.63) is 24.2 Å². The minimum Gasteiger partial charge on any atom is -0.468 e. The van der Waals surface area contributed by atoms with Crippen molar-refractivity contribution < 1.29 is 13.9 Å². The summed E-state index contributed by atoms with van der Waals surface area (Å²) >= 11 is 0. The normalized spacial score (nSPS) is 30.8. The summed E-state index contributed by atoms with van der Waals surface area (Å²) in [7, 11) is 0. The van der Waals surface area contributed by atoms with Crippen molar-refractivity contribution in [2.75, 3.05) is 32.7 Å². The van der Waals surface area contributed by atoms with Crippen molar-refractivity contribution in [3.63, 3.8) is 0 Å². The van der Waals surface area contributed by atoms with Crippen molar-refractivity contribution in [2.24, 2.45) is 0 Å². The third-order valence-corrected chi connectivity index (χ3v) is 5.55. The molecule has 6 nitrogen and oxygen atoms in total. The van der Waals surface area contributed by atoms with Gasteiger partial charge in [-0.3, -0.25) is 9.69 Å². The Balaban J connectivity index is 1.24. The van der Waals surface area contributed by atoms with E-state index in [-0.39, 0.29) is 18.1 Å². The van der Waals surface area contributed by atoms with Gasteiger partial charge in [-0.1, -0.05) is 0 Å². The molecule has 6 heteroatoms. The van der Waals surface area contributed by atoms with Crippen LogP contribution < -0.4 is 5.32 Å².